The van der Waals surface area contributed by atoms with E-state index < -0.39 is 0 Å². The normalized spacial score (nSPS) is 11.0. The molecule has 7 nitrogen and oxygen atoms in total. The van der Waals surface area contributed by atoms with Gasteiger partial charge >= 0.3 is 0 Å². The van der Waals surface area contributed by atoms with Crippen LogP contribution in [-0.2, 0) is 6.54 Å². The van der Waals surface area contributed by atoms with Crippen molar-refractivity contribution in [2.45, 2.75) is 33.7 Å². The van der Waals surface area contributed by atoms with E-state index in [1.54, 1.807) is 12.4 Å². The molecular weight excluding hydrogens is 302 g/mol. The van der Waals surface area contributed by atoms with Gasteiger partial charge in [0.1, 0.15) is 11.6 Å². The van der Waals surface area contributed by atoms with E-state index in [-0.39, 0.29) is 0 Å². The summed E-state index contributed by atoms with van der Waals surface area (Å²) in [5.41, 5.74) is 2.03. The van der Waals surface area contributed by atoms with Crippen LogP contribution in [-0.4, -0.2) is 42.9 Å². The van der Waals surface area contributed by atoms with Crippen LogP contribution in [0.5, 0.6) is 0 Å². The second-order valence-corrected chi connectivity index (χ2v) is 6.02. The highest BCUT2D eigenvalue weighted by molar-refractivity contribution is 5.38. The summed E-state index contributed by atoms with van der Waals surface area (Å²) in [5.74, 6) is 2.64. The number of aryl methyl sites for hydroxylation is 4. The number of anilines is 1. The molecule has 3 rings (SSSR count). The lowest BCUT2D eigenvalue weighted by Crippen LogP contribution is -2.22. The van der Waals surface area contributed by atoms with Crippen LogP contribution in [0, 0.1) is 20.8 Å². The quantitative estimate of drug-likeness (QED) is 0.696. The monoisotopic (exact) mass is 325 g/mol. The van der Waals surface area contributed by atoms with Gasteiger partial charge in [0, 0.05) is 38.2 Å². The molecule has 0 aliphatic heterocycles. The molecule has 3 aromatic heterocycles. The molecule has 0 aliphatic carbocycles. The molecule has 0 aliphatic rings. The molecular formula is C17H23N7. The van der Waals surface area contributed by atoms with Crippen LogP contribution in [0.1, 0.15) is 23.6 Å². The van der Waals surface area contributed by atoms with Gasteiger partial charge in [-0.15, -0.1) is 0 Å². The number of imidazole rings is 1. The van der Waals surface area contributed by atoms with Crippen LogP contribution in [0.2, 0.25) is 0 Å². The lowest BCUT2D eigenvalue weighted by molar-refractivity contribution is 0.620. The average Bonchev–Trinajstić information content (AvgIpc) is 3.12. The van der Waals surface area contributed by atoms with E-state index in [0.717, 1.165) is 48.4 Å². The average molecular weight is 325 g/mol. The van der Waals surface area contributed by atoms with Gasteiger partial charge in [-0.3, -0.25) is 4.98 Å². The van der Waals surface area contributed by atoms with Crippen molar-refractivity contribution >= 4 is 5.82 Å². The van der Waals surface area contributed by atoms with Crippen molar-refractivity contribution in [3.63, 3.8) is 0 Å². The molecule has 126 valence electrons. The predicted molar refractivity (Wildman–Crippen MR) is 93.5 cm³/mol. The molecule has 0 aromatic carbocycles. The van der Waals surface area contributed by atoms with Gasteiger partial charge in [-0.25, -0.2) is 14.6 Å². The Labute approximate surface area is 142 Å². The number of hydrogen-bond donors (Lipinski definition) is 0. The van der Waals surface area contributed by atoms with Crippen LogP contribution < -0.4 is 4.90 Å². The largest absolute Gasteiger partial charge is 0.358 e. The van der Waals surface area contributed by atoms with E-state index in [2.05, 4.69) is 24.5 Å². The van der Waals surface area contributed by atoms with Gasteiger partial charge in [-0.1, -0.05) is 0 Å². The predicted octanol–water partition coefficient (Wildman–Crippen LogP) is 2.31. The third-order valence-electron chi connectivity index (χ3n) is 4.04. The summed E-state index contributed by atoms with van der Waals surface area (Å²) in [6.07, 6.45) is 8.39. The highest BCUT2D eigenvalue weighted by Crippen LogP contribution is 2.13. The van der Waals surface area contributed by atoms with E-state index in [1.807, 2.05) is 51.0 Å². The van der Waals surface area contributed by atoms with Crippen LogP contribution >= 0.6 is 0 Å². The minimum absolute atomic E-state index is 0.746. The molecule has 0 saturated heterocycles. The molecule has 0 spiro atoms. The van der Waals surface area contributed by atoms with Crippen molar-refractivity contribution in [3.8, 4) is 5.82 Å². The second kappa shape index (κ2) is 6.82. The summed E-state index contributed by atoms with van der Waals surface area (Å²) in [6.45, 7) is 7.86. The van der Waals surface area contributed by atoms with Gasteiger partial charge in [-0.2, -0.15) is 5.10 Å². The highest BCUT2D eigenvalue weighted by atomic mass is 15.3. The fourth-order valence-electron chi connectivity index (χ4n) is 2.73. The molecule has 0 amide bonds. The Morgan fingerprint density at radius 1 is 1.17 bits per heavy atom. The maximum absolute atomic E-state index is 4.70. The van der Waals surface area contributed by atoms with Crippen LogP contribution in [0.3, 0.4) is 0 Å². The first-order valence-corrected chi connectivity index (χ1v) is 8.09. The van der Waals surface area contributed by atoms with Gasteiger partial charge in [0.2, 0.25) is 0 Å². The lowest BCUT2D eigenvalue weighted by atomic mass is 10.3. The van der Waals surface area contributed by atoms with Crippen LogP contribution in [0.25, 0.3) is 5.82 Å². The number of nitrogens with zero attached hydrogens (tertiary/aromatic N) is 7. The summed E-state index contributed by atoms with van der Waals surface area (Å²) < 4.78 is 3.99. The Morgan fingerprint density at radius 3 is 2.67 bits per heavy atom. The van der Waals surface area contributed by atoms with E-state index >= 15 is 0 Å². The van der Waals surface area contributed by atoms with E-state index in [0.29, 0.717) is 0 Å². The molecule has 0 atom stereocenters. The molecule has 3 aromatic rings. The van der Waals surface area contributed by atoms with Crippen molar-refractivity contribution in [2.75, 3.05) is 18.5 Å². The Bertz CT molecular complexity index is 818. The van der Waals surface area contributed by atoms with E-state index in [4.69, 9.17) is 4.98 Å². The summed E-state index contributed by atoms with van der Waals surface area (Å²) in [4.78, 5) is 15.4. The minimum Gasteiger partial charge on any atom is -0.358 e. The maximum atomic E-state index is 4.70. The van der Waals surface area contributed by atoms with Crippen molar-refractivity contribution in [3.05, 3.63) is 48.1 Å². The molecule has 3 heterocycles. The standard InChI is InChI=1S/C17H23N7/c1-13-10-14(2)24(21-13)17-12-18-11-16(20-17)22(4)7-5-8-23-9-6-19-15(23)3/h6,9-12H,5,7-8H2,1-4H3. The van der Waals surface area contributed by atoms with Crippen molar-refractivity contribution in [1.29, 1.82) is 0 Å². The van der Waals surface area contributed by atoms with Crippen molar-refractivity contribution in [1.82, 2.24) is 29.3 Å². The summed E-state index contributed by atoms with van der Waals surface area (Å²) in [7, 11) is 2.04. The zero-order chi connectivity index (χ0) is 17.1. The smallest absolute Gasteiger partial charge is 0.174 e. The molecule has 0 radical (unpaired) electrons. The third-order valence-corrected chi connectivity index (χ3v) is 4.04. The van der Waals surface area contributed by atoms with Gasteiger partial charge in [0.05, 0.1) is 18.1 Å². The highest BCUT2D eigenvalue weighted by Gasteiger charge is 2.09. The molecule has 0 unspecified atom stereocenters. The SMILES string of the molecule is Cc1cc(C)n(-c2cncc(N(C)CCCn3ccnc3C)n2)n1. The Hall–Kier alpha value is -2.70. The molecule has 0 N–H and O–H groups in total. The third kappa shape index (κ3) is 3.45. The van der Waals surface area contributed by atoms with Crippen LogP contribution in [0.4, 0.5) is 5.82 Å². The second-order valence-electron chi connectivity index (χ2n) is 6.02. The fourth-order valence-corrected chi connectivity index (χ4v) is 2.73. The topological polar surface area (TPSA) is 64.7 Å². The number of hydrogen-bond acceptors (Lipinski definition) is 5. The summed E-state index contributed by atoms with van der Waals surface area (Å²) in [6, 6.07) is 2.03. The molecule has 0 fully saturated rings. The van der Waals surface area contributed by atoms with Gasteiger partial charge in [0.25, 0.3) is 0 Å². The summed E-state index contributed by atoms with van der Waals surface area (Å²) >= 11 is 0. The van der Waals surface area contributed by atoms with E-state index in [9.17, 15) is 0 Å². The lowest BCUT2D eigenvalue weighted by Gasteiger charge is -2.18. The zero-order valence-electron chi connectivity index (χ0n) is 14.6. The Morgan fingerprint density at radius 2 is 2.00 bits per heavy atom. The van der Waals surface area contributed by atoms with Gasteiger partial charge in [-0.05, 0) is 33.3 Å². The van der Waals surface area contributed by atoms with Gasteiger partial charge in [0.15, 0.2) is 5.82 Å². The number of aromatic nitrogens is 6. The Kier molecular flexibility index (Phi) is 4.59. The molecule has 0 bridgehead atoms. The van der Waals surface area contributed by atoms with Crippen molar-refractivity contribution < 1.29 is 0 Å². The summed E-state index contributed by atoms with van der Waals surface area (Å²) in [5, 5.41) is 4.47. The first kappa shape index (κ1) is 16.2. The molecule has 7 heteroatoms. The van der Waals surface area contributed by atoms with Crippen LogP contribution in [0.15, 0.2) is 30.9 Å². The maximum Gasteiger partial charge on any atom is 0.174 e. The van der Waals surface area contributed by atoms with Crippen molar-refractivity contribution in [2.24, 2.45) is 0 Å². The first-order chi connectivity index (χ1) is 11.5. The fraction of sp³-hybridized carbons (Fsp3) is 0.412. The first-order valence-electron chi connectivity index (χ1n) is 8.09. The van der Waals surface area contributed by atoms with Gasteiger partial charge < -0.3 is 9.47 Å². The minimum atomic E-state index is 0.746. The molecule has 0 saturated carbocycles. The number of rotatable bonds is 6. The molecule has 24 heavy (non-hydrogen) atoms. The zero-order valence-corrected chi connectivity index (χ0v) is 14.6. The van der Waals surface area contributed by atoms with E-state index in [1.165, 1.54) is 0 Å². The Balaban J connectivity index is 1.67.